The lowest BCUT2D eigenvalue weighted by Crippen LogP contribution is -2.41. The number of halogens is 2. The van der Waals surface area contributed by atoms with E-state index in [9.17, 15) is 4.39 Å². The van der Waals surface area contributed by atoms with Crippen LogP contribution in [0.1, 0.15) is 31.4 Å². The molecule has 0 aliphatic carbocycles. The van der Waals surface area contributed by atoms with Gasteiger partial charge in [-0.25, -0.2) is 4.39 Å². The van der Waals surface area contributed by atoms with Gasteiger partial charge in [-0.1, -0.05) is 12.1 Å². The van der Waals surface area contributed by atoms with Crippen LogP contribution in [-0.4, -0.2) is 57.4 Å². The van der Waals surface area contributed by atoms with Crippen LogP contribution in [0.15, 0.2) is 29.3 Å². The first-order valence-electron chi connectivity index (χ1n) is 9.05. The van der Waals surface area contributed by atoms with Gasteiger partial charge >= 0.3 is 0 Å². The zero-order valence-corrected chi connectivity index (χ0v) is 17.9. The SMILES string of the molecule is CCNC(=NCC(OC)c1ccc(F)cc1)N1CCC2(CCOC2)C1.I. The minimum Gasteiger partial charge on any atom is -0.381 e. The lowest BCUT2D eigenvalue weighted by Gasteiger charge is -2.25. The summed E-state index contributed by atoms with van der Waals surface area (Å²) in [5.41, 5.74) is 1.24. The summed E-state index contributed by atoms with van der Waals surface area (Å²) in [6.07, 6.45) is 2.11. The van der Waals surface area contributed by atoms with Crippen molar-refractivity contribution >= 4 is 29.9 Å². The molecule has 1 spiro atoms. The van der Waals surface area contributed by atoms with Gasteiger partial charge in [0.25, 0.3) is 0 Å². The van der Waals surface area contributed by atoms with Crippen molar-refractivity contribution in [1.82, 2.24) is 10.2 Å². The molecule has 0 amide bonds. The molecule has 2 unspecified atom stereocenters. The number of aliphatic imine (C=N–C) groups is 1. The van der Waals surface area contributed by atoms with Crippen LogP contribution in [0.25, 0.3) is 0 Å². The second-order valence-electron chi connectivity index (χ2n) is 6.94. The van der Waals surface area contributed by atoms with Gasteiger partial charge in [-0.05, 0) is 37.5 Å². The Labute approximate surface area is 172 Å². The topological polar surface area (TPSA) is 46.1 Å². The van der Waals surface area contributed by atoms with Gasteiger partial charge in [0.1, 0.15) is 11.9 Å². The molecule has 3 rings (SSSR count). The molecule has 1 aromatic carbocycles. The molecule has 5 nitrogen and oxygen atoms in total. The van der Waals surface area contributed by atoms with Gasteiger partial charge in [0.2, 0.25) is 0 Å². The van der Waals surface area contributed by atoms with E-state index in [1.165, 1.54) is 12.1 Å². The van der Waals surface area contributed by atoms with E-state index in [2.05, 4.69) is 17.1 Å². The van der Waals surface area contributed by atoms with E-state index in [0.717, 1.165) is 57.2 Å². The average Bonchev–Trinajstić information content (AvgIpc) is 3.26. The lowest BCUT2D eigenvalue weighted by atomic mass is 9.87. The number of rotatable bonds is 5. The Morgan fingerprint density at radius 1 is 1.38 bits per heavy atom. The van der Waals surface area contributed by atoms with Crippen molar-refractivity contribution in [3.63, 3.8) is 0 Å². The Kier molecular flexibility index (Phi) is 8.09. The van der Waals surface area contributed by atoms with Crippen molar-refractivity contribution in [1.29, 1.82) is 0 Å². The Balaban J connectivity index is 0.00000243. The second-order valence-corrected chi connectivity index (χ2v) is 6.94. The molecule has 2 saturated heterocycles. The van der Waals surface area contributed by atoms with E-state index >= 15 is 0 Å². The molecule has 2 heterocycles. The summed E-state index contributed by atoms with van der Waals surface area (Å²) in [5, 5.41) is 3.39. The molecular weight excluding hydrogens is 448 g/mol. The summed E-state index contributed by atoms with van der Waals surface area (Å²) < 4.78 is 24.3. The van der Waals surface area contributed by atoms with Gasteiger partial charge in [0, 0.05) is 38.8 Å². The number of ether oxygens (including phenoxy) is 2. The number of hydrogen-bond donors (Lipinski definition) is 1. The maximum Gasteiger partial charge on any atom is 0.194 e. The Morgan fingerprint density at radius 3 is 2.77 bits per heavy atom. The maximum absolute atomic E-state index is 13.1. The van der Waals surface area contributed by atoms with Crippen molar-refractivity contribution in [3.8, 4) is 0 Å². The van der Waals surface area contributed by atoms with Crippen molar-refractivity contribution in [2.45, 2.75) is 25.9 Å². The predicted octanol–water partition coefficient (Wildman–Crippen LogP) is 3.21. The molecule has 0 bridgehead atoms. The molecule has 146 valence electrons. The van der Waals surface area contributed by atoms with Crippen LogP contribution >= 0.6 is 24.0 Å². The van der Waals surface area contributed by atoms with Gasteiger partial charge in [-0.15, -0.1) is 24.0 Å². The number of benzene rings is 1. The molecule has 2 fully saturated rings. The quantitative estimate of drug-likeness (QED) is 0.402. The third-order valence-corrected chi connectivity index (χ3v) is 5.19. The number of methoxy groups -OCH3 is 1. The normalized spacial score (nSPS) is 24.0. The van der Waals surface area contributed by atoms with Crippen LogP contribution in [0.3, 0.4) is 0 Å². The zero-order chi connectivity index (χ0) is 17.7. The van der Waals surface area contributed by atoms with Gasteiger partial charge in [-0.2, -0.15) is 0 Å². The van der Waals surface area contributed by atoms with E-state index < -0.39 is 0 Å². The Hall–Kier alpha value is -0.930. The Bertz CT molecular complexity index is 591. The lowest BCUT2D eigenvalue weighted by molar-refractivity contribution is 0.110. The van der Waals surface area contributed by atoms with Crippen molar-refractivity contribution in [2.24, 2.45) is 10.4 Å². The summed E-state index contributed by atoms with van der Waals surface area (Å²) in [6.45, 7) is 7.14. The highest BCUT2D eigenvalue weighted by molar-refractivity contribution is 14.0. The Morgan fingerprint density at radius 2 is 2.15 bits per heavy atom. The van der Waals surface area contributed by atoms with E-state index in [1.807, 2.05) is 0 Å². The first-order chi connectivity index (χ1) is 12.2. The van der Waals surface area contributed by atoms with E-state index in [1.54, 1.807) is 19.2 Å². The molecule has 0 radical (unpaired) electrons. The highest BCUT2D eigenvalue weighted by Crippen LogP contribution is 2.38. The highest BCUT2D eigenvalue weighted by atomic mass is 127. The van der Waals surface area contributed by atoms with Crippen molar-refractivity contribution < 1.29 is 13.9 Å². The minimum absolute atomic E-state index is 0. The van der Waals surface area contributed by atoms with Gasteiger partial charge in [0.15, 0.2) is 5.96 Å². The van der Waals surface area contributed by atoms with Crippen LogP contribution in [0.5, 0.6) is 0 Å². The fraction of sp³-hybridized carbons (Fsp3) is 0.632. The van der Waals surface area contributed by atoms with Crippen LogP contribution in [0.4, 0.5) is 4.39 Å². The fourth-order valence-corrected chi connectivity index (χ4v) is 3.68. The monoisotopic (exact) mass is 477 g/mol. The van der Waals surface area contributed by atoms with Crippen molar-refractivity contribution in [3.05, 3.63) is 35.6 Å². The summed E-state index contributed by atoms with van der Waals surface area (Å²) in [5.74, 6) is 0.687. The molecule has 2 atom stereocenters. The molecule has 2 aliphatic rings. The van der Waals surface area contributed by atoms with Crippen molar-refractivity contribution in [2.75, 3.05) is 46.5 Å². The highest BCUT2D eigenvalue weighted by Gasteiger charge is 2.42. The molecular formula is C19H29FIN3O2. The first-order valence-corrected chi connectivity index (χ1v) is 9.05. The number of guanidine groups is 1. The average molecular weight is 477 g/mol. The molecule has 1 aromatic rings. The third-order valence-electron chi connectivity index (χ3n) is 5.19. The molecule has 0 aromatic heterocycles. The van der Waals surface area contributed by atoms with E-state index in [-0.39, 0.29) is 35.9 Å². The number of nitrogens with one attached hydrogen (secondary N) is 1. The summed E-state index contributed by atoms with van der Waals surface area (Å²) in [4.78, 5) is 7.12. The van der Waals surface area contributed by atoms with Gasteiger partial charge < -0.3 is 19.7 Å². The number of nitrogens with zero attached hydrogens (tertiary/aromatic N) is 2. The van der Waals surface area contributed by atoms with Crippen LogP contribution in [-0.2, 0) is 9.47 Å². The van der Waals surface area contributed by atoms with Crippen LogP contribution in [0, 0.1) is 11.2 Å². The standard InChI is InChI=1S/C19H28FN3O2.HI/c1-3-21-18(23-10-8-19(13-23)9-11-25-14-19)22-12-17(24-2)15-4-6-16(20)7-5-15;/h4-7,17H,3,8-14H2,1-2H3,(H,21,22);1H. The van der Waals surface area contributed by atoms with Crippen LogP contribution in [0.2, 0.25) is 0 Å². The summed E-state index contributed by atoms with van der Waals surface area (Å²) in [6, 6.07) is 6.43. The zero-order valence-electron chi connectivity index (χ0n) is 15.5. The molecule has 26 heavy (non-hydrogen) atoms. The first kappa shape index (κ1) is 21.4. The number of likely N-dealkylation sites (tertiary alicyclic amines) is 1. The van der Waals surface area contributed by atoms with Crippen LogP contribution < -0.4 is 5.32 Å². The van der Waals surface area contributed by atoms with Gasteiger partial charge in [-0.3, -0.25) is 4.99 Å². The summed E-state index contributed by atoms with van der Waals surface area (Å²) in [7, 11) is 1.66. The summed E-state index contributed by atoms with van der Waals surface area (Å²) >= 11 is 0. The molecule has 7 heteroatoms. The maximum atomic E-state index is 13.1. The fourth-order valence-electron chi connectivity index (χ4n) is 3.68. The smallest absolute Gasteiger partial charge is 0.194 e. The van der Waals surface area contributed by atoms with E-state index in [4.69, 9.17) is 14.5 Å². The third kappa shape index (κ3) is 5.07. The molecule has 2 aliphatic heterocycles. The number of hydrogen-bond acceptors (Lipinski definition) is 3. The molecule has 0 saturated carbocycles. The second kappa shape index (κ2) is 9.85. The largest absolute Gasteiger partial charge is 0.381 e. The van der Waals surface area contributed by atoms with Gasteiger partial charge in [0.05, 0.1) is 13.2 Å². The minimum atomic E-state index is -0.239. The van der Waals surface area contributed by atoms with E-state index in [0.29, 0.717) is 12.0 Å². The molecule has 1 N–H and O–H groups in total. The predicted molar refractivity (Wildman–Crippen MR) is 112 cm³/mol.